The number of nitrogens with two attached hydrogens (primary N) is 1. The van der Waals surface area contributed by atoms with Gasteiger partial charge in [-0.1, -0.05) is 0 Å². The molecule has 0 spiro atoms. The first kappa shape index (κ1) is 16.4. The molecule has 0 saturated carbocycles. The number of thioether (sulfide) groups is 1. The molecular formula is C12H25N2O2S+. The Morgan fingerprint density at radius 3 is 2.29 bits per heavy atom. The summed E-state index contributed by atoms with van der Waals surface area (Å²) >= 11 is 1.50. The van der Waals surface area contributed by atoms with Crippen LogP contribution in [0.2, 0.25) is 0 Å². The molecule has 0 aliphatic rings. The van der Waals surface area contributed by atoms with E-state index in [9.17, 15) is 9.59 Å². The highest BCUT2D eigenvalue weighted by molar-refractivity contribution is 7.99. The molecule has 0 aliphatic heterocycles. The lowest BCUT2D eigenvalue weighted by atomic mass is 10.2. The minimum absolute atomic E-state index is 0.279. The van der Waals surface area contributed by atoms with E-state index >= 15 is 0 Å². The third kappa shape index (κ3) is 13.4. The van der Waals surface area contributed by atoms with E-state index in [0.717, 1.165) is 23.9 Å². The number of amides is 1. The molecule has 0 aliphatic carbocycles. The van der Waals surface area contributed by atoms with Crippen LogP contribution in [-0.4, -0.2) is 55.4 Å². The number of nitrogens with zero attached hydrogens (tertiary/aromatic N) is 1. The molecule has 17 heavy (non-hydrogen) atoms. The van der Waals surface area contributed by atoms with E-state index in [2.05, 4.69) is 21.1 Å². The van der Waals surface area contributed by atoms with Gasteiger partial charge in [0.25, 0.3) is 0 Å². The molecule has 0 aromatic rings. The van der Waals surface area contributed by atoms with Crippen LogP contribution in [-0.2, 0) is 9.59 Å². The van der Waals surface area contributed by atoms with Crippen molar-refractivity contribution in [1.82, 2.24) is 0 Å². The minimum atomic E-state index is -0.298. The summed E-state index contributed by atoms with van der Waals surface area (Å²) in [5.74, 6) is 1.14. The summed E-state index contributed by atoms with van der Waals surface area (Å²) in [4.78, 5) is 21.9. The van der Waals surface area contributed by atoms with Gasteiger partial charge in [0, 0.05) is 18.6 Å². The highest BCUT2D eigenvalue weighted by atomic mass is 32.2. The van der Waals surface area contributed by atoms with Crippen molar-refractivity contribution in [3.63, 3.8) is 0 Å². The number of unbranched alkanes of at least 4 members (excludes halogenated alkanes) is 1. The molecule has 0 radical (unpaired) electrons. The van der Waals surface area contributed by atoms with Gasteiger partial charge in [-0.2, -0.15) is 11.8 Å². The summed E-state index contributed by atoms with van der Waals surface area (Å²) in [7, 11) is 6.46. The van der Waals surface area contributed by atoms with E-state index in [1.165, 1.54) is 11.8 Å². The summed E-state index contributed by atoms with van der Waals surface area (Å²) in [6.07, 6.45) is 3.06. The summed E-state index contributed by atoms with van der Waals surface area (Å²) < 4.78 is 0.946. The van der Waals surface area contributed by atoms with Crippen molar-refractivity contribution in [3.8, 4) is 0 Å². The van der Waals surface area contributed by atoms with E-state index in [-0.39, 0.29) is 11.7 Å². The average Bonchev–Trinajstić information content (AvgIpc) is 2.18. The monoisotopic (exact) mass is 261 g/mol. The fourth-order valence-electron chi connectivity index (χ4n) is 1.34. The molecule has 100 valence electrons. The van der Waals surface area contributed by atoms with E-state index in [0.29, 0.717) is 24.3 Å². The zero-order chi connectivity index (χ0) is 13.3. The van der Waals surface area contributed by atoms with Crippen LogP contribution in [0.1, 0.15) is 25.7 Å². The quantitative estimate of drug-likeness (QED) is 0.472. The van der Waals surface area contributed by atoms with Gasteiger partial charge in [-0.15, -0.1) is 0 Å². The molecule has 0 bridgehead atoms. The lowest BCUT2D eigenvalue weighted by Gasteiger charge is -2.23. The normalized spacial score (nSPS) is 11.5. The second kappa shape index (κ2) is 8.53. The van der Waals surface area contributed by atoms with E-state index in [1.54, 1.807) is 0 Å². The Balaban J connectivity index is 3.38. The van der Waals surface area contributed by atoms with Gasteiger partial charge in [-0.05, 0) is 12.8 Å². The maximum absolute atomic E-state index is 11.5. The molecule has 5 heteroatoms. The Bertz CT molecular complexity index is 249. The maximum Gasteiger partial charge on any atom is 0.218 e. The van der Waals surface area contributed by atoms with Crippen molar-refractivity contribution in [1.29, 1.82) is 0 Å². The number of quaternary nitrogens is 1. The number of carbonyl (C=O) groups is 2. The molecule has 0 aromatic carbocycles. The summed E-state index contributed by atoms with van der Waals surface area (Å²) in [5, 5.41) is 0. The fraction of sp³-hybridized carbons (Fsp3) is 0.833. The standard InChI is InChI=1S/C12H24N2O2S/c1-14(2,3)8-5-4-6-11(15)10-17-9-7-12(13)16/h4-10H2,1-3H3,(H-,13,16)/p+1. The number of carbonyl (C=O) groups excluding carboxylic acids is 2. The van der Waals surface area contributed by atoms with Crippen molar-refractivity contribution >= 4 is 23.5 Å². The van der Waals surface area contributed by atoms with Crippen LogP contribution in [0.15, 0.2) is 0 Å². The largest absolute Gasteiger partial charge is 0.370 e. The smallest absolute Gasteiger partial charge is 0.218 e. The summed E-state index contributed by atoms with van der Waals surface area (Å²) in [6, 6.07) is 0. The van der Waals surface area contributed by atoms with Crippen LogP contribution in [0.3, 0.4) is 0 Å². The molecule has 0 atom stereocenters. The predicted octanol–water partition coefficient (Wildman–Crippen LogP) is 1.04. The van der Waals surface area contributed by atoms with Crippen molar-refractivity contribution in [2.75, 3.05) is 39.2 Å². The fourth-order valence-corrected chi connectivity index (χ4v) is 2.20. The van der Waals surface area contributed by atoms with Gasteiger partial charge in [-0.25, -0.2) is 0 Å². The molecule has 0 heterocycles. The molecule has 0 fully saturated rings. The van der Waals surface area contributed by atoms with Gasteiger partial charge in [-0.3, -0.25) is 9.59 Å². The van der Waals surface area contributed by atoms with Crippen LogP contribution in [0.5, 0.6) is 0 Å². The molecule has 0 rings (SSSR count). The topological polar surface area (TPSA) is 60.2 Å². The van der Waals surface area contributed by atoms with Crippen molar-refractivity contribution in [2.45, 2.75) is 25.7 Å². The number of Topliss-reactive ketones (excluding diaryl/α,β-unsaturated/α-hetero) is 1. The first-order valence-electron chi connectivity index (χ1n) is 5.99. The predicted molar refractivity (Wildman–Crippen MR) is 72.9 cm³/mol. The van der Waals surface area contributed by atoms with Crippen molar-refractivity contribution in [3.05, 3.63) is 0 Å². The van der Waals surface area contributed by atoms with E-state index < -0.39 is 0 Å². The van der Waals surface area contributed by atoms with E-state index in [1.807, 2.05) is 0 Å². The molecule has 1 amide bonds. The molecule has 4 nitrogen and oxygen atoms in total. The second-order valence-electron chi connectivity index (χ2n) is 5.28. The minimum Gasteiger partial charge on any atom is -0.370 e. The molecule has 0 aromatic heterocycles. The number of ketones is 1. The highest BCUT2D eigenvalue weighted by Crippen LogP contribution is 2.07. The Morgan fingerprint density at radius 1 is 1.12 bits per heavy atom. The second-order valence-corrected chi connectivity index (χ2v) is 6.38. The molecular weight excluding hydrogens is 236 g/mol. The Hall–Kier alpha value is -0.550. The van der Waals surface area contributed by atoms with Crippen LogP contribution >= 0.6 is 11.8 Å². The van der Waals surface area contributed by atoms with Crippen LogP contribution in [0, 0.1) is 0 Å². The Morgan fingerprint density at radius 2 is 1.76 bits per heavy atom. The zero-order valence-electron chi connectivity index (χ0n) is 11.2. The maximum atomic E-state index is 11.5. The first-order valence-corrected chi connectivity index (χ1v) is 7.15. The lowest BCUT2D eigenvalue weighted by molar-refractivity contribution is -0.870. The van der Waals surface area contributed by atoms with Crippen molar-refractivity contribution in [2.24, 2.45) is 5.73 Å². The molecule has 0 unspecified atom stereocenters. The first-order chi connectivity index (χ1) is 7.81. The Labute approximate surface area is 109 Å². The van der Waals surface area contributed by atoms with Gasteiger partial charge < -0.3 is 10.2 Å². The third-order valence-electron chi connectivity index (χ3n) is 2.29. The SMILES string of the molecule is C[N+](C)(C)CCCCC(=O)CSCCC(N)=O. The molecule has 2 N–H and O–H groups in total. The Kier molecular flexibility index (Phi) is 8.25. The molecule has 0 saturated heterocycles. The van der Waals surface area contributed by atoms with Gasteiger partial charge in [0.2, 0.25) is 5.91 Å². The number of primary amides is 1. The number of hydrogen-bond donors (Lipinski definition) is 1. The van der Waals surface area contributed by atoms with Crippen LogP contribution < -0.4 is 5.73 Å². The van der Waals surface area contributed by atoms with E-state index in [4.69, 9.17) is 5.73 Å². The van der Waals surface area contributed by atoms with Crippen LogP contribution in [0.4, 0.5) is 0 Å². The average molecular weight is 261 g/mol. The zero-order valence-corrected chi connectivity index (χ0v) is 12.0. The number of rotatable bonds is 10. The number of hydrogen-bond acceptors (Lipinski definition) is 3. The van der Waals surface area contributed by atoms with Gasteiger partial charge >= 0.3 is 0 Å². The third-order valence-corrected chi connectivity index (χ3v) is 3.31. The summed E-state index contributed by atoms with van der Waals surface area (Å²) in [5.41, 5.74) is 5.01. The highest BCUT2D eigenvalue weighted by Gasteiger charge is 2.07. The van der Waals surface area contributed by atoms with Gasteiger partial charge in [0.05, 0.1) is 33.4 Å². The van der Waals surface area contributed by atoms with Gasteiger partial charge in [0.15, 0.2) is 0 Å². The van der Waals surface area contributed by atoms with Crippen molar-refractivity contribution < 1.29 is 14.1 Å². The lowest BCUT2D eigenvalue weighted by Crippen LogP contribution is -2.35. The summed E-state index contributed by atoms with van der Waals surface area (Å²) in [6.45, 7) is 1.10. The van der Waals surface area contributed by atoms with Crippen LogP contribution in [0.25, 0.3) is 0 Å². The van der Waals surface area contributed by atoms with Gasteiger partial charge in [0.1, 0.15) is 5.78 Å².